The summed E-state index contributed by atoms with van der Waals surface area (Å²) in [5.41, 5.74) is 0. The fraction of sp³-hybridized carbons (Fsp3) is 0.846. The molecule has 0 spiro atoms. The average Bonchev–Trinajstić information content (AvgIpc) is 2.31. The van der Waals surface area contributed by atoms with Crippen molar-refractivity contribution in [2.24, 2.45) is 5.92 Å². The molecule has 1 rings (SSSR count). The zero-order chi connectivity index (χ0) is 15.2. The first-order valence-corrected chi connectivity index (χ1v) is 8.90. The van der Waals surface area contributed by atoms with E-state index in [-0.39, 0.29) is 5.75 Å². The van der Waals surface area contributed by atoms with Crippen LogP contribution in [0.4, 0.5) is 0 Å². The van der Waals surface area contributed by atoms with Crippen molar-refractivity contribution in [3.8, 4) is 0 Å². The number of sulfone groups is 1. The van der Waals surface area contributed by atoms with Gasteiger partial charge in [0.25, 0.3) is 0 Å². The van der Waals surface area contributed by atoms with Crippen molar-refractivity contribution in [1.82, 2.24) is 5.32 Å². The Bertz CT molecular complexity index is 446. The Morgan fingerprint density at radius 3 is 2.30 bits per heavy atom. The summed E-state index contributed by atoms with van der Waals surface area (Å²) in [5, 5.41) is 11.9. The topological polar surface area (TPSA) is 101 Å². The molecular formula is C13H23NO5S. The van der Waals surface area contributed by atoms with E-state index in [4.69, 9.17) is 0 Å². The molecule has 1 saturated carbocycles. The Kier molecular flexibility index (Phi) is 6.45. The summed E-state index contributed by atoms with van der Waals surface area (Å²) >= 11 is 0. The first kappa shape index (κ1) is 16.9. The van der Waals surface area contributed by atoms with Gasteiger partial charge in [-0.3, -0.25) is 9.59 Å². The number of carboxylic acid groups (broad SMARTS) is 1. The van der Waals surface area contributed by atoms with Gasteiger partial charge in [0.15, 0.2) is 9.84 Å². The lowest BCUT2D eigenvalue weighted by atomic mass is 9.87. The number of carbonyl (C=O) groups is 2. The van der Waals surface area contributed by atoms with E-state index in [0.717, 1.165) is 25.7 Å². The van der Waals surface area contributed by atoms with Crippen LogP contribution in [-0.4, -0.2) is 42.9 Å². The molecule has 1 amide bonds. The molecule has 2 unspecified atom stereocenters. The molecule has 0 heterocycles. The normalized spacial score (nSPS) is 24.4. The molecule has 0 radical (unpaired) electrons. The molecule has 0 aromatic heterocycles. The highest BCUT2D eigenvalue weighted by molar-refractivity contribution is 7.92. The van der Waals surface area contributed by atoms with Crippen LogP contribution >= 0.6 is 0 Å². The molecular weight excluding hydrogens is 282 g/mol. The maximum absolute atomic E-state index is 11.8. The number of hydrogen-bond donors (Lipinski definition) is 2. The number of aliphatic carboxylic acids is 1. The van der Waals surface area contributed by atoms with Crippen LogP contribution in [0.1, 0.15) is 45.4 Å². The second-order valence-electron chi connectivity index (χ2n) is 5.29. The Morgan fingerprint density at radius 2 is 1.75 bits per heavy atom. The first-order valence-electron chi connectivity index (χ1n) is 7.08. The van der Waals surface area contributed by atoms with Gasteiger partial charge in [-0.1, -0.05) is 32.6 Å². The molecule has 0 aliphatic heterocycles. The molecule has 0 aromatic rings. The van der Waals surface area contributed by atoms with Crippen molar-refractivity contribution in [2.45, 2.75) is 51.5 Å². The van der Waals surface area contributed by atoms with Crippen LogP contribution in [0.3, 0.4) is 0 Å². The molecule has 1 aliphatic carbocycles. The molecule has 116 valence electrons. The van der Waals surface area contributed by atoms with Crippen LogP contribution in [0, 0.1) is 5.92 Å². The van der Waals surface area contributed by atoms with Gasteiger partial charge in [0.05, 0.1) is 5.92 Å². The molecule has 6 nitrogen and oxygen atoms in total. The summed E-state index contributed by atoms with van der Waals surface area (Å²) in [7, 11) is -3.38. The zero-order valence-electron chi connectivity index (χ0n) is 11.8. The van der Waals surface area contributed by atoms with Gasteiger partial charge in [-0.15, -0.1) is 0 Å². The van der Waals surface area contributed by atoms with Crippen LogP contribution in [0.15, 0.2) is 0 Å². The van der Waals surface area contributed by atoms with Crippen molar-refractivity contribution >= 4 is 21.7 Å². The monoisotopic (exact) mass is 305 g/mol. The minimum absolute atomic E-state index is 0.0898. The highest BCUT2D eigenvalue weighted by Gasteiger charge is 2.30. The Balaban J connectivity index is 2.68. The van der Waals surface area contributed by atoms with Crippen LogP contribution in [0.2, 0.25) is 0 Å². The Morgan fingerprint density at radius 1 is 1.15 bits per heavy atom. The first-order chi connectivity index (χ1) is 9.35. The summed E-state index contributed by atoms with van der Waals surface area (Å²) in [6.45, 7) is 1.48. The molecule has 0 aromatic carbocycles. The van der Waals surface area contributed by atoms with E-state index in [2.05, 4.69) is 5.32 Å². The summed E-state index contributed by atoms with van der Waals surface area (Å²) in [6, 6.07) is -0.465. The second-order valence-corrected chi connectivity index (χ2v) is 7.64. The lowest BCUT2D eigenvalue weighted by Crippen LogP contribution is -2.45. The lowest BCUT2D eigenvalue weighted by molar-refractivity contribution is -0.143. The number of hydrogen-bond acceptors (Lipinski definition) is 4. The van der Waals surface area contributed by atoms with E-state index in [1.807, 2.05) is 0 Å². The zero-order valence-corrected chi connectivity index (χ0v) is 12.6. The van der Waals surface area contributed by atoms with Crippen molar-refractivity contribution in [2.75, 3.05) is 11.5 Å². The van der Waals surface area contributed by atoms with E-state index in [1.54, 1.807) is 0 Å². The van der Waals surface area contributed by atoms with Crippen molar-refractivity contribution in [1.29, 1.82) is 0 Å². The van der Waals surface area contributed by atoms with Gasteiger partial charge in [0, 0.05) is 11.8 Å². The predicted octanol–water partition coefficient (Wildman–Crippen LogP) is 0.961. The highest BCUT2D eigenvalue weighted by Crippen LogP contribution is 2.23. The van der Waals surface area contributed by atoms with Gasteiger partial charge in [-0.25, -0.2) is 8.42 Å². The van der Waals surface area contributed by atoms with Crippen LogP contribution < -0.4 is 5.32 Å². The third-order valence-corrected chi connectivity index (χ3v) is 5.30. The van der Waals surface area contributed by atoms with Crippen molar-refractivity contribution in [3.05, 3.63) is 0 Å². The largest absolute Gasteiger partial charge is 0.481 e. The summed E-state index contributed by atoms with van der Waals surface area (Å²) < 4.78 is 22.8. The van der Waals surface area contributed by atoms with E-state index >= 15 is 0 Å². The maximum Gasteiger partial charge on any atom is 0.308 e. The van der Waals surface area contributed by atoms with Crippen LogP contribution in [0.5, 0.6) is 0 Å². The number of carbonyl (C=O) groups excluding carboxylic acids is 1. The molecule has 1 aliphatic rings. The third-order valence-electron chi connectivity index (χ3n) is 3.72. The smallest absolute Gasteiger partial charge is 0.308 e. The fourth-order valence-electron chi connectivity index (χ4n) is 2.50. The highest BCUT2D eigenvalue weighted by atomic mass is 32.2. The molecule has 2 atom stereocenters. The van der Waals surface area contributed by atoms with Crippen LogP contribution in [-0.2, 0) is 19.4 Å². The molecule has 7 heteroatoms. The number of carboxylic acids is 1. The maximum atomic E-state index is 11.8. The Labute approximate surface area is 119 Å². The minimum atomic E-state index is -3.38. The number of rotatable bonds is 5. The molecule has 2 N–H and O–H groups in total. The molecule has 0 bridgehead atoms. The number of amides is 1. The van der Waals surface area contributed by atoms with E-state index in [1.165, 1.54) is 6.92 Å². The minimum Gasteiger partial charge on any atom is -0.481 e. The number of nitrogens with one attached hydrogen (secondary N) is 1. The van der Waals surface area contributed by atoms with Gasteiger partial charge in [0.1, 0.15) is 5.75 Å². The lowest BCUT2D eigenvalue weighted by Gasteiger charge is -2.27. The Hall–Kier alpha value is -1.11. The van der Waals surface area contributed by atoms with Crippen LogP contribution in [0.25, 0.3) is 0 Å². The van der Waals surface area contributed by atoms with Gasteiger partial charge >= 0.3 is 5.97 Å². The van der Waals surface area contributed by atoms with Gasteiger partial charge in [-0.05, 0) is 12.8 Å². The average molecular weight is 305 g/mol. The van der Waals surface area contributed by atoms with Gasteiger partial charge < -0.3 is 10.4 Å². The van der Waals surface area contributed by atoms with Gasteiger partial charge in [-0.2, -0.15) is 0 Å². The molecule has 0 saturated heterocycles. The standard InChI is InChI=1S/C13H23NO5S/c1-2-20(18,19)9-12(15)14-11-8-6-4-3-5-7-10(11)13(16)17/h10-11H,2-9H2,1H3,(H,14,15)(H,16,17). The SMILES string of the molecule is CCS(=O)(=O)CC(=O)NC1CCCCCCC1C(=O)O. The second kappa shape index (κ2) is 7.61. The fourth-order valence-corrected chi connectivity index (χ4v) is 3.19. The third kappa shape index (κ3) is 5.48. The molecule has 1 fully saturated rings. The summed E-state index contributed by atoms with van der Waals surface area (Å²) in [6.07, 6.45) is 4.84. The molecule has 20 heavy (non-hydrogen) atoms. The van der Waals surface area contributed by atoms with Crippen molar-refractivity contribution in [3.63, 3.8) is 0 Å². The van der Waals surface area contributed by atoms with E-state index in [9.17, 15) is 23.1 Å². The van der Waals surface area contributed by atoms with Gasteiger partial charge in [0.2, 0.25) is 5.91 Å². The van der Waals surface area contributed by atoms with Crippen molar-refractivity contribution < 1.29 is 23.1 Å². The summed E-state index contributed by atoms with van der Waals surface area (Å²) in [4.78, 5) is 23.1. The quantitative estimate of drug-likeness (QED) is 0.788. The summed E-state index contributed by atoms with van der Waals surface area (Å²) in [5.74, 6) is -2.79. The van der Waals surface area contributed by atoms with E-state index < -0.39 is 39.4 Å². The van der Waals surface area contributed by atoms with E-state index in [0.29, 0.717) is 12.8 Å². The predicted molar refractivity (Wildman–Crippen MR) is 75.1 cm³/mol.